The Labute approximate surface area is 181 Å². The number of carbonyl (C=O) groups excluding carboxylic acids is 3. The van der Waals surface area contributed by atoms with Gasteiger partial charge in [0.1, 0.15) is 17.9 Å². The molecule has 2 N–H and O–H groups in total. The number of halogens is 1. The molecule has 2 aromatic rings. The van der Waals surface area contributed by atoms with E-state index < -0.39 is 29.2 Å². The SMILES string of the molecule is CC[C@]1(c2ccc(F)cc2)NC(=O)N(CC(=O)NCCc2ccc(C(C)C)cc2)C1=O. The Hall–Kier alpha value is -3.22. The first-order chi connectivity index (χ1) is 14.8. The van der Waals surface area contributed by atoms with Gasteiger partial charge in [-0.25, -0.2) is 9.18 Å². The molecule has 0 spiro atoms. The van der Waals surface area contributed by atoms with Crippen LogP contribution in [0.1, 0.15) is 49.8 Å². The lowest BCUT2D eigenvalue weighted by Gasteiger charge is -2.25. The number of rotatable bonds is 8. The molecule has 1 aliphatic rings. The Kier molecular flexibility index (Phi) is 6.73. The molecule has 0 unspecified atom stereocenters. The Morgan fingerprint density at radius 1 is 1.10 bits per heavy atom. The maximum absolute atomic E-state index is 13.3. The molecule has 0 aromatic heterocycles. The number of benzene rings is 2. The highest BCUT2D eigenvalue weighted by atomic mass is 19.1. The zero-order valence-electron chi connectivity index (χ0n) is 18.1. The molecule has 0 saturated carbocycles. The Balaban J connectivity index is 1.59. The lowest BCUT2D eigenvalue weighted by atomic mass is 9.87. The van der Waals surface area contributed by atoms with Crippen molar-refractivity contribution in [3.05, 3.63) is 71.0 Å². The van der Waals surface area contributed by atoms with Crippen molar-refractivity contribution >= 4 is 17.8 Å². The number of amides is 4. The minimum Gasteiger partial charge on any atom is -0.354 e. The maximum atomic E-state index is 13.3. The van der Waals surface area contributed by atoms with Crippen molar-refractivity contribution in [2.75, 3.05) is 13.1 Å². The van der Waals surface area contributed by atoms with Gasteiger partial charge in [0.05, 0.1) is 0 Å². The summed E-state index contributed by atoms with van der Waals surface area (Å²) in [4.78, 5) is 38.8. The minimum atomic E-state index is -1.29. The first-order valence-electron chi connectivity index (χ1n) is 10.5. The van der Waals surface area contributed by atoms with Crippen molar-refractivity contribution in [1.82, 2.24) is 15.5 Å². The van der Waals surface area contributed by atoms with E-state index in [1.807, 2.05) is 12.1 Å². The number of imide groups is 1. The molecule has 1 aliphatic heterocycles. The molecule has 3 rings (SSSR count). The predicted octanol–water partition coefficient (Wildman–Crippen LogP) is 3.47. The molecule has 7 heteroatoms. The van der Waals surface area contributed by atoms with Gasteiger partial charge in [-0.3, -0.25) is 14.5 Å². The van der Waals surface area contributed by atoms with Gasteiger partial charge in [-0.05, 0) is 47.6 Å². The highest BCUT2D eigenvalue weighted by Crippen LogP contribution is 2.32. The van der Waals surface area contributed by atoms with Crippen molar-refractivity contribution in [1.29, 1.82) is 0 Å². The lowest BCUT2D eigenvalue weighted by molar-refractivity contribution is -0.135. The highest BCUT2D eigenvalue weighted by molar-refractivity contribution is 6.09. The van der Waals surface area contributed by atoms with Crippen molar-refractivity contribution < 1.29 is 18.8 Å². The van der Waals surface area contributed by atoms with Crippen LogP contribution in [0.15, 0.2) is 48.5 Å². The Morgan fingerprint density at radius 3 is 2.32 bits per heavy atom. The summed E-state index contributed by atoms with van der Waals surface area (Å²) in [7, 11) is 0. The van der Waals surface area contributed by atoms with E-state index in [0.717, 1.165) is 10.5 Å². The summed E-state index contributed by atoms with van der Waals surface area (Å²) in [5.74, 6) is -0.885. The quantitative estimate of drug-likeness (QED) is 0.636. The molecule has 1 atom stereocenters. The number of carbonyl (C=O) groups is 3. The largest absolute Gasteiger partial charge is 0.354 e. The normalized spacial score (nSPS) is 18.4. The molecular weight excluding hydrogens is 397 g/mol. The van der Waals surface area contributed by atoms with E-state index in [4.69, 9.17) is 0 Å². The molecule has 0 bridgehead atoms. The maximum Gasteiger partial charge on any atom is 0.325 e. The second kappa shape index (κ2) is 9.29. The lowest BCUT2D eigenvalue weighted by Crippen LogP contribution is -2.45. The van der Waals surface area contributed by atoms with Crippen LogP contribution < -0.4 is 10.6 Å². The van der Waals surface area contributed by atoms with Gasteiger partial charge in [0, 0.05) is 6.54 Å². The van der Waals surface area contributed by atoms with Crippen molar-refractivity contribution in [3.63, 3.8) is 0 Å². The zero-order valence-corrected chi connectivity index (χ0v) is 18.1. The first kappa shape index (κ1) is 22.5. The summed E-state index contributed by atoms with van der Waals surface area (Å²) in [6.45, 7) is 6.07. The van der Waals surface area contributed by atoms with Gasteiger partial charge in [-0.15, -0.1) is 0 Å². The summed E-state index contributed by atoms with van der Waals surface area (Å²) in [5, 5.41) is 5.46. The molecule has 31 heavy (non-hydrogen) atoms. The molecule has 1 fully saturated rings. The second-order valence-corrected chi connectivity index (χ2v) is 8.08. The van der Waals surface area contributed by atoms with Gasteiger partial charge in [0.15, 0.2) is 0 Å². The highest BCUT2D eigenvalue weighted by Gasteiger charge is 2.51. The van der Waals surface area contributed by atoms with Crippen LogP contribution in [0.5, 0.6) is 0 Å². The number of hydrogen-bond donors (Lipinski definition) is 2. The molecule has 1 saturated heterocycles. The summed E-state index contributed by atoms with van der Waals surface area (Å²) >= 11 is 0. The van der Waals surface area contributed by atoms with Crippen molar-refractivity contribution in [2.45, 2.75) is 45.1 Å². The fourth-order valence-corrected chi connectivity index (χ4v) is 3.76. The van der Waals surface area contributed by atoms with Gasteiger partial charge >= 0.3 is 6.03 Å². The molecule has 1 heterocycles. The van der Waals surface area contributed by atoms with Crippen LogP contribution in [0.3, 0.4) is 0 Å². The smallest absolute Gasteiger partial charge is 0.325 e. The van der Waals surface area contributed by atoms with E-state index in [1.165, 1.54) is 29.8 Å². The third-order valence-electron chi connectivity index (χ3n) is 5.73. The molecule has 4 amide bonds. The van der Waals surface area contributed by atoms with E-state index in [0.29, 0.717) is 24.4 Å². The Morgan fingerprint density at radius 2 is 1.74 bits per heavy atom. The van der Waals surface area contributed by atoms with Crippen molar-refractivity contribution in [3.8, 4) is 0 Å². The topological polar surface area (TPSA) is 78.5 Å². The number of nitrogens with one attached hydrogen (secondary N) is 2. The molecule has 0 aliphatic carbocycles. The third kappa shape index (κ3) is 4.76. The average Bonchev–Trinajstić information content (AvgIpc) is 2.99. The van der Waals surface area contributed by atoms with E-state index in [2.05, 4.69) is 36.6 Å². The van der Waals surface area contributed by atoms with Gasteiger partial charge in [-0.2, -0.15) is 0 Å². The van der Waals surface area contributed by atoms with Gasteiger partial charge in [0.2, 0.25) is 5.91 Å². The van der Waals surface area contributed by atoms with Crippen molar-refractivity contribution in [2.24, 2.45) is 0 Å². The zero-order chi connectivity index (χ0) is 22.6. The van der Waals surface area contributed by atoms with Crippen LogP contribution in [-0.4, -0.2) is 35.8 Å². The van der Waals surface area contributed by atoms with Crippen LogP contribution in [0.25, 0.3) is 0 Å². The second-order valence-electron chi connectivity index (χ2n) is 8.08. The number of hydrogen-bond acceptors (Lipinski definition) is 3. The van der Waals surface area contributed by atoms with Crippen LogP contribution in [-0.2, 0) is 21.5 Å². The summed E-state index contributed by atoms with van der Waals surface area (Å²) in [6, 6.07) is 13.1. The van der Waals surface area contributed by atoms with Gasteiger partial charge in [-0.1, -0.05) is 57.2 Å². The first-order valence-corrected chi connectivity index (χ1v) is 10.5. The fourth-order valence-electron chi connectivity index (χ4n) is 3.76. The third-order valence-corrected chi connectivity index (χ3v) is 5.73. The Bertz CT molecular complexity index is 957. The average molecular weight is 426 g/mol. The molecule has 2 aromatic carbocycles. The summed E-state index contributed by atoms with van der Waals surface area (Å²) in [5.41, 5.74) is 1.55. The molecule has 6 nitrogen and oxygen atoms in total. The summed E-state index contributed by atoms with van der Waals surface area (Å²) in [6.07, 6.45) is 0.937. The molecule has 0 radical (unpaired) electrons. The van der Waals surface area contributed by atoms with Gasteiger partial charge < -0.3 is 10.6 Å². The van der Waals surface area contributed by atoms with Crippen LogP contribution in [0.2, 0.25) is 0 Å². The fraction of sp³-hybridized carbons (Fsp3) is 0.375. The molecular formula is C24H28FN3O3. The monoisotopic (exact) mass is 425 g/mol. The number of urea groups is 1. The van der Waals surface area contributed by atoms with E-state index >= 15 is 0 Å². The number of nitrogens with zero attached hydrogens (tertiary/aromatic N) is 1. The van der Waals surface area contributed by atoms with Crippen LogP contribution >= 0.6 is 0 Å². The predicted molar refractivity (Wildman–Crippen MR) is 116 cm³/mol. The van der Waals surface area contributed by atoms with E-state index in [9.17, 15) is 18.8 Å². The standard InChI is InChI=1S/C24H28FN3O3/c1-4-24(19-9-11-20(25)12-10-19)22(30)28(23(31)27-24)15-21(29)26-14-13-17-5-7-18(8-6-17)16(2)3/h5-12,16H,4,13-15H2,1-3H3,(H,26,29)(H,27,31)/t24-/m1/s1. The van der Waals surface area contributed by atoms with Crippen LogP contribution in [0.4, 0.5) is 9.18 Å². The van der Waals surface area contributed by atoms with E-state index in [-0.39, 0.29) is 13.0 Å². The summed E-state index contributed by atoms with van der Waals surface area (Å²) < 4.78 is 13.3. The minimum absolute atomic E-state index is 0.285. The van der Waals surface area contributed by atoms with E-state index in [1.54, 1.807) is 6.92 Å². The van der Waals surface area contributed by atoms with Crippen LogP contribution in [0, 0.1) is 5.82 Å². The molecule has 164 valence electrons. The van der Waals surface area contributed by atoms with Gasteiger partial charge in [0.25, 0.3) is 5.91 Å².